The first-order chi connectivity index (χ1) is 14.8. The number of amides is 1. The molecule has 1 N–H and O–H groups in total. The molecule has 1 unspecified atom stereocenters. The fourth-order valence-corrected chi connectivity index (χ4v) is 3.71. The largest absolute Gasteiger partial charge is 0.497 e. The first-order valence-electron chi connectivity index (χ1n) is 10.1. The topological polar surface area (TPSA) is 68.6 Å². The summed E-state index contributed by atoms with van der Waals surface area (Å²) in [5, 5.41) is 3.11. The number of rotatable bonds is 7. The summed E-state index contributed by atoms with van der Waals surface area (Å²) in [6.45, 7) is 3.54. The molecule has 0 bridgehead atoms. The van der Waals surface area contributed by atoms with Crippen LogP contribution in [0.15, 0.2) is 67.1 Å². The Morgan fingerprint density at radius 1 is 1.13 bits per heavy atom. The molecule has 156 valence electrons. The molecule has 4 rings (SSSR count). The van der Waals surface area contributed by atoms with Crippen LogP contribution in [0.4, 0.5) is 0 Å². The molecule has 2 aromatic carbocycles. The summed E-state index contributed by atoms with van der Waals surface area (Å²) in [5.41, 5.74) is 2.55. The van der Waals surface area contributed by atoms with Crippen LogP contribution in [-0.4, -0.2) is 60.3 Å². The standard InChI is InChI=1S/C23H26N4O3/c1-29-20-9-7-18(8-10-20)21(26-11-13-30-14-12-26)16-25-23(28)22-15-24-17-27(22)19-5-3-2-4-6-19/h2-10,15,17,21H,11-14,16H2,1H3,(H,25,28). The highest BCUT2D eigenvalue weighted by molar-refractivity contribution is 5.93. The van der Waals surface area contributed by atoms with Crippen LogP contribution in [0.3, 0.4) is 0 Å². The van der Waals surface area contributed by atoms with E-state index < -0.39 is 0 Å². The Labute approximate surface area is 176 Å². The fourth-order valence-electron chi connectivity index (χ4n) is 3.71. The van der Waals surface area contributed by atoms with Crippen LogP contribution in [0.2, 0.25) is 0 Å². The van der Waals surface area contributed by atoms with Gasteiger partial charge in [0.15, 0.2) is 0 Å². The number of ether oxygens (including phenoxy) is 2. The number of para-hydroxylation sites is 1. The van der Waals surface area contributed by atoms with E-state index in [0.717, 1.165) is 30.1 Å². The molecular formula is C23H26N4O3. The molecule has 0 spiro atoms. The minimum Gasteiger partial charge on any atom is -0.497 e. The van der Waals surface area contributed by atoms with Gasteiger partial charge in [0.05, 0.1) is 38.9 Å². The number of nitrogens with zero attached hydrogens (tertiary/aromatic N) is 3. The van der Waals surface area contributed by atoms with Crippen LogP contribution >= 0.6 is 0 Å². The van der Waals surface area contributed by atoms with E-state index in [4.69, 9.17) is 9.47 Å². The van der Waals surface area contributed by atoms with Crippen molar-refractivity contribution in [3.63, 3.8) is 0 Å². The summed E-state index contributed by atoms with van der Waals surface area (Å²) < 4.78 is 12.6. The minimum absolute atomic E-state index is 0.0526. The molecule has 1 atom stereocenters. The van der Waals surface area contributed by atoms with Crippen molar-refractivity contribution >= 4 is 5.91 Å². The first-order valence-corrected chi connectivity index (χ1v) is 10.1. The van der Waals surface area contributed by atoms with Crippen molar-refractivity contribution in [2.24, 2.45) is 0 Å². The van der Waals surface area contributed by atoms with E-state index in [0.29, 0.717) is 25.5 Å². The van der Waals surface area contributed by atoms with Gasteiger partial charge in [0.1, 0.15) is 11.4 Å². The van der Waals surface area contributed by atoms with Gasteiger partial charge in [-0.3, -0.25) is 14.3 Å². The zero-order valence-electron chi connectivity index (χ0n) is 17.0. The Hall–Kier alpha value is -3.16. The number of aromatic nitrogens is 2. The van der Waals surface area contributed by atoms with Crippen LogP contribution < -0.4 is 10.1 Å². The average molecular weight is 406 g/mol. The molecule has 0 radical (unpaired) electrons. The Morgan fingerprint density at radius 3 is 2.57 bits per heavy atom. The summed E-state index contributed by atoms with van der Waals surface area (Å²) in [4.78, 5) is 19.5. The normalized spacial score (nSPS) is 15.5. The molecule has 0 aliphatic carbocycles. The SMILES string of the molecule is COc1ccc(C(CNC(=O)c2cncn2-c2ccccc2)N2CCOCC2)cc1. The Balaban J connectivity index is 1.51. The first kappa shape index (κ1) is 20.1. The number of morpholine rings is 1. The van der Waals surface area contributed by atoms with Crippen molar-refractivity contribution in [3.8, 4) is 11.4 Å². The van der Waals surface area contributed by atoms with Crippen LogP contribution in [0, 0.1) is 0 Å². The van der Waals surface area contributed by atoms with E-state index >= 15 is 0 Å². The molecule has 1 saturated heterocycles. The molecular weight excluding hydrogens is 380 g/mol. The van der Waals surface area contributed by atoms with E-state index in [1.54, 1.807) is 24.2 Å². The second-order valence-corrected chi connectivity index (χ2v) is 7.13. The van der Waals surface area contributed by atoms with E-state index in [-0.39, 0.29) is 11.9 Å². The highest BCUT2D eigenvalue weighted by atomic mass is 16.5. The molecule has 1 aromatic heterocycles. The Kier molecular flexibility index (Phi) is 6.41. The predicted molar refractivity (Wildman–Crippen MR) is 114 cm³/mol. The summed E-state index contributed by atoms with van der Waals surface area (Å²) in [5.74, 6) is 0.665. The molecule has 1 aliphatic heterocycles. The molecule has 3 aromatic rings. The maximum Gasteiger partial charge on any atom is 0.269 e. The van der Waals surface area contributed by atoms with Crippen molar-refractivity contribution in [2.75, 3.05) is 40.0 Å². The number of hydrogen-bond acceptors (Lipinski definition) is 5. The van der Waals surface area contributed by atoms with Crippen molar-refractivity contribution in [1.29, 1.82) is 0 Å². The summed E-state index contributed by atoms with van der Waals surface area (Å²) in [6, 6.07) is 17.8. The maximum atomic E-state index is 13.0. The zero-order chi connectivity index (χ0) is 20.8. The van der Waals surface area contributed by atoms with Gasteiger partial charge in [0, 0.05) is 25.3 Å². The van der Waals surface area contributed by atoms with E-state index in [9.17, 15) is 4.79 Å². The number of hydrogen-bond donors (Lipinski definition) is 1. The van der Waals surface area contributed by atoms with Crippen LogP contribution in [0.1, 0.15) is 22.1 Å². The van der Waals surface area contributed by atoms with Crippen LogP contribution in [0.5, 0.6) is 5.75 Å². The quantitative estimate of drug-likeness (QED) is 0.653. The fraction of sp³-hybridized carbons (Fsp3) is 0.304. The van der Waals surface area contributed by atoms with Crippen LogP contribution in [0.25, 0.3) is 5.69 Å². The van der Waals surface area contributed by atoms with E-state index in [2.05, 4.69) is 27.3 Å². The highest BCUT2D eigenvalue weighted by Gasteiger charge is 2.24. The lowest BCUT2D eigenvalue weighted by atomic mass is 10.0. The summed E-state index contributed by atoms with van der Waals surface area (Å²) >= 11 is 0. The number of carbonyl (C=O) groups is 1. The smallest absolute Gasteiger partial charge is 0.269 e. The molecule has 0 saturated carbocycles. The van der Waals surface area contributed by atoms with Gasteiger partial charge < -0.3 is 14.8 Å². The van der Waals surface area contributed by atoms with Gasteiger partial charge in [-0.2, -0.15) is 0 Å². The third kappa shape index (κ3) is 4.53. The molecule has 7 nitrogen and oxygen atoms in total. The van der Waals surface area contributed by atoms with Gasteiger partial charge in [0.25, 0.3) is 5.91 Å². The molecule has 1 amide bonds. The average Bonchev–Trinajstić information content (AvgIpc) is 3.31. The Bertz CT molecular complexity index is 950. The van der Waals surface area contributed by atoms with Gasteiger partial charge in [0.2, 0.25) is 0 Å². The third-order valence-corrected chi connectivity index (χ3v) is 5.35. The highest BCUT2D eigenvalue weighted by Crippen LogP contribution is 2.24. The van der Waals surface area contributed by atoms with E-state index in [1.165, 1.54) is 0 Å². The van der Waals surface area contributed by atoms with Crippen molar-refractivity contribution in [1.82, 2.24) is 19.8 Å². The molecule has 1 aliphatic rings. The summed E-state index contributed by atoms with van der Waals surface area (Å²) in [6.07, 6.45) is 3.26. The van der Waals surface area contributed by atoms with Gasteiger partial charge in [-0.05, 0) is 29.8 Å². The predicted octanol–water partition coefficient (Wildman–Crippen LogP) is 2.68. The summed E-state index contributed by atoms with van der Waals surface area (Å²) in [7, 11) is 1.66. The number of methoxy groups -OCH3 is 1. The second-order valence-electron chi connectivity index (χ2n) is 7.13. The lowest BCUT2D eigenvalue weighted by molar-refractivity contribution is 0.0162. The minimum atomic E-state index is -0.150. The second kappa shape index (κ2) is 9.56. The van der Waals surface area contributed by atoms with Crippen LogP contribution in [-0.2, 0) is 4.74 Å². The van der Waals surface area contributed by atoms with Crippen molar-refractivity contribution < 1.29 is 14.3 Å². The van der Waals surface area contributed by atoms with E-state index in [1.807, 2.05) is 42.5 Å². The molecule has 7 heteroatoms. The number of carbonyl (C=O) groups excluding carboxylic acids is 1. The van der Waals surface area contributed by atoms with Gasteiger partial charge in [-0.1, -0.05) is 30.3 Å². The number of imidazole rings is 1. The monoisotopic (exact) mass is 406 g/mol. The van der Waals surface area contributed by atoms with Gasteiger partial charge >= 0.3 is 0 Å². The van der Waals surface area contributed by atoms with Crippen molar-refractivity contribution in [2.45, 2.75) is 6.04 Å². The lowest BCUT2D eigenvalue weighted by Crippen LogP contribution is -2.44. The number of nitrogens with one attached hydrogen (secondary N) is 1. The van der Waals surface area contributed by atoms with Gasteiger partial charge in [-0.15, -0.1) is 0 Å². The Morgan fingerprint density at radius 2 is 1.87 bits per heavy atom. The molecule has 1 fully saturated rings. The molecule has 30 heavy (non-hydrogen) atoms. The van der Waals surface area contributed by atoms with Gasteiger partial charge in [-0.25, -0.2) is 4.98 Å². The van der Waals surface area contributed by atoms with Crippen molar-refractivity contribution in [3.05, 3.63) is 78.4 Å². The zero-order valence-corrected chi connectivity index (χ0v) is 17.0. The maximum absolute atomic E-state index is 13.0. The third-order valence-electron chi connectivity index (χ3n) is 5.35. The molecule has 2 heterocycles. The number of benzene rings is 2. The lowest BCUT2D eigenvalue weighted by Gasteiger charge is -2.35.